The van der Waals surface area contributed by atoms with E-state index in [2.05, 4.69) is 49.5 Å². The van der Waals surface area contributed by atoms with E-state index in [0.29, 0.717) is 12.2 Å². The summed E-state index contributed by atoms with van der Waals surface area (Å²) in [6.45, 7) is 5.03. The van der Waals surface area contributed by atoms with Crippen molar-refractivity contribution < 1.29 is 4.79 Å². The van der Waals surface area contributed by atoms with Gasteiger partial charge in [0, 0.05) is 24.6 Å². The van der Waals surface area contributed by atoms with Gasteiger partial charge in [-0.3, -0.25) is 4.79 Å². The fourth-order valence-electron chi connectivity index (χ4n) is 3.10. The lowest BCUT2D eigenvalue weighted by Gasteiger charge is -2.26. The first-order valence-electron chi connectivity index (χ1n) is 7.57. The normalized spacial score (nSPS) is 17.0. The van der Waals surface area contributed by atoms with E-state index in [4.69, 9.17) is 0 Å². The number of benzene rings is 2. The minimum atomic E-state index is 0.0300. The maximum absolute atomic E-state index is 12.8. The molecular weight excluding hydrogens is 258 g/mol. The van der Waals surface area contributed by atoms with Crippen molar-refractivity contribution in [2.75, 3.05) is 11.9 Å². The molecule has 1 unspecified atom stereocenters. The Balaban J connectivity index is 1.85. The molecule has 21 heavy (non-hydrogen) atoms. The molecule has 0 saturated heterocycles. The van der Waals surface area contributed by atoms with E-state index < -0.39 is 0 Å². The summed E-state index contributed by atoms with van der Waals surface area (Å²) in [6.07, 6.45) is 1.42. The number of anilines is 1. The first kappa shape index (κ1) is 13.9. The van der Waals surface area contributed by atoms with Gasteiger partial charge in [-0.05, 0) is 43.0 Å². The number of nitrogens with one attached hydrogen (secondary N) is 1. The number of ketones is 1. The number of hydrogen-bond donors (Lipinski definition) is 1. The zero-order valence-electron chi connectivity index (χ0n) is 12.6. The molecule has 0 bridgehead atoms. The van der Waals surface area contributed by atoms with Crippen LogP contribution in [0.2, 0.25) is 0 Å². The van der Waals surface area contributed by atoms with Gasteiger partial charge < -0.3 is 5.32 Å². The van der Waals surface area contributed by atoms with Gasteiger partial charge in [0.2, 0.25) is 0 Å². The summed E-state index contributed by atoms with van der Waals surface area (Å²) < 4.78 is 0. The van der Waals surface area contributed by atoms with Crippen LogP contribution in [0.15, 0.2) is 42.5 Å². The molecule has 1 heterocycles. The number of aryl methyl sites for hydroxylation is 2. The summed E-state index contributed by atoms with van der Waals surface area (Å²) in [5.41, 5.74) is 5.85. The number of rotatable bonds is 3. The monoisotopic (exact) mass is 279 g/mol. The van der Waals surface area contributed by atoms with Gasteiger partial charge in [0.05, 0.1) is 0 Å². The fraction of sp³-hybridized carbons (Fsp3) is 0.316. The van der Waals surface area contributed by atoms with E-state index in [1.165, 1.54) is 11.1 Å². The Labute approximate surface area is 126 Å². The fourth-order valence-corrected chi connectivity index (χ4v) is 3.10. The van der Waals surface area contributed by atoms with Crippen molar-refractivity contribution in [1.29, 1.82) is 0 Å². The van der Waals surface area contributed by atoms with Crippen molar-refractivity contribution in [3.05, 3.63) is 64.7 Å². The predicted octanol–water partition coefficient (Wildman–Crippen LogP) is 4.01. The third-order valence-electron chi connectivity index (χ3n) is 4.34. The summed E-state index contributed by atoms with van der Waals surface area (Å²) >= 11 is 0. The molecule has 2 aromatic rings. The SMILES string of the molecule is Cc1ccc(C)c(CC(=O)C2CCNc3ccccc32)c1. The maximum atomic E-state index is 12.8. The van der Waals surface area contributed by atoms with Gasteiger partial charge in [0.1, 0.15) is 5.78 Å². The lowest BCUT2D eigenvalue weighted by Crippen LogP contribution is -2.24. The first-order valence-corrected chi connectivity index (χ1v) is 7.57. The Morgan fingerprint density at radius 3 is 2.86 bits per heavy atom. The molecule has 2 heteroatoms. The number of carbonyl (C=O) groups excluding carboxylic acids is 1. The second-order valence-electron chi connectivity index (χ2n) is 5.93. The molecule has 108 valence electrons. The Kier molecular flexibility index (Phi) is 3.78. The van der Waals surface area contributed by atoms with Crippen LogP contribution in [0.25, 0.3) is 0 Å². The van der Waals surface area contributed by atoms with Crippen molar-refractivity contribution >= 4 is 11.5 Å². The largest absolute Gasteiger partial charge is 0.385 e. The Bertz CT molecular complexity index is 675. The van der Waals surface area contributed by atoms with Crippen molar-refractivity contribution in [2.24, 2.45) is 0 Å². The molecule has 0 amide bonds. The molecule has 0 aromatic heterocycles. The average molecular weight is 279 g/mol. The van der Waals surface area contributed by atoms with Crippen molar-refractivity contribution in [3.63, 3.8) is 0 Å². The summed E-state index contributed by atoms with van der Waals surface area (Å²) in [6, 6.07) is 14.5. The molecule has 1 aliphatic rings. The highest BCUT2D eigenvalue weighted by atomic mass is 16.1. The molecule has 0 radical (unpaired) electrons. The van der Waals surface area contributed by atoms with E-state index >= 15 is 0 Å². The second-order valence-corrected chi connectivity index (χ2v) is 5.93. The van der Waals surface area contributed by atoms with Gasteiger partial charge in [-0.2, -0.15) is 0 Å². The van der Waals surface area contributed by atoms with Gasteiger partial charge in [0.15, 0.2) is 0 Å². The lowest BCUT2D eigenvalue weighted by atomic mass is 9.84. The molecule has 0 fully saturated rings. The van der Waals surface area contributed by atoms with E-state index in [1.807, 2.05) is 12.1 Å². The standard InChI is InChI=1S/C19H21NO/c1-13-7-8-14(2)15(11-13)12-19(21)17-9-10-20-18-6-4-3-5-16(17)18/h3-8,11,17,20H,9-10,12H2,1-2H3. The van der Waals surface area contributed by atoms with Crippen LogP contribution in [0.5, 0.6) is 0 Å². The number of fused-ring (bicyclic) bond motifs is 1. The Hall–Kier alpha value is -2.09. The number of para-hydroxylation sites is 1. The summed E-state index contributed by atoms with van der Waals surface area (Å²) in [4.78, 5) is 12.8. The molecule has 0 aliphatic carbocycles. The summed E-state index contributed by atoms with van der Waals surface area (Å²) in [5.74, 6) is 0.361. The van der Waals surface area contributed by atoms with Crippen LogP contribution >= 0.6 is 0 Å². The zero-order valence-corrected chi connectivity index (χ0v) is 12.6. The smallest absolute Gasteiger partial charge is 0.144 e. The molecular formula is C19H21NO. The average Bonchev–Trinajstić information content (AvgIpc) is 2.50. The highest BCUT2D eigenvalue weighted by Crippen LogP contribution is 2.32. The third-order valence-corrected chi connectivity index (χ3v) is 4.34. The van der Waals surface area contributed by atoms with Crippen molar-refractivity contribution in [2.45, 2.75) is 32.6 Å². The molecule has 2 nitrogen and oxygen atoms in total. The molecule has 0 saturated carbocycles. The van der Waals surface area contributed by atoms with Crippen LogP contribution in [0, 0.1) is 13.8 Å². The first-order chi connectivity index (χ1) is 10.1. The predicted molar refractivity (Wildman–Crippen MR) is 86.9 cm³/mol. The molecule has 1 N–H and O–H groups in total. The highest BCUT2D eigenvalue weighted by Gasteiger charge is 2.26. The Morgan fingerprint density at radius 2 is 2.00 bits per heavy atom. The summed E-state index contributed by atoms with van der Waals surface area (Å²) in [5, 5.41) is 3.38. The molecule has 1 aliphatic heterocycles. The van der Waals surface area contributed by atoms with Crippen LogP contribution in [-0.2, 0) is 11.2 Å². The maximum Gasteiger partial charge on any atom is 0.144 e. The van der Waals surface area contributed by atoms with Crippen LogP contribution in [-0.4, -0.2) is 12.3 Å². The second kappa shape index (κ2) is 5.72. The van der Waals surface area contributed by atoms with E-state index in [9.17, 15) is 4.79 Å². The summed E-state index contributed by atoms with van der Waals surface area (Å²) in [7, 11) is 0. The molecule has 3 rings (SSSR count). The van der Waals surface area contributed by atoms with E-state index in [0.717, 1.165) is 29.8 Å². The minimum Gasteiger partial charge on any atom is -0.385 e. The quantitative estimate of drug-likeness (QED) is 0.919. The van der Waals surface area contributed by atoms with Gasteiger partial charge in [0.25, 0.3) is 0 Å². The van der Waals surface area contributed by atoms with Gasteiger partial charge in [-0.25, -0.2) is 0 Å². The van der Waals surface area contributed by atoms with Gasteiger partial charge in [-0.15, -0.1) is 0 Å². The minimum absolute atomic E-state index is 0.0300. The zero-order chi connectivity index (χ0) is 14.8. The van der Waals surface area contributed by atoms with Crippen LogP contribution < -0.4 is 5.32 Å². The topological polar surface area (TPSA) is 29.1 Å². The third kappa shape index (κ3) is 2.85. The highest BCUT2D eigenvalue weighted by molar-refractivity contribution is 5.90. The van der Waals surface area contributed by atoms with E-state index in [-0.39, 0.29) is 5.92 Å². The Morgan fingerprint density at radius 1 is 1.19 bits per heavy atom. The molecule has 2 aromatic carbocycles. The van der Waals surface area contributed by atoms with Crippen molar-refractivity contribution in [1.82, 2.24) is 0 Å². The molecule has 0 spiro atoms. The van der Waals surface area contributed by atoms with E-state index in [1.54, 1.807) is 0 Å². The number of hydrogen-bond acceptors (Lipinski definition) is 2. The number of carbonyl (C=O) groups is 1. The number of Topliss-reactive ketones (excluding diaryl/α,β-unsaturated/α-hetero) is 1. The van der Waals surface area contributed by atoms with Crippen LogP contribution in [0.4, 0.5) is 5.69 Å². The lowest BCUT2D eigenvalue weighted by molar-refractivity contribution is -0.120. The van der Waals surface area contributed by atoms with Gasteiger partial charge >= 0.3 is 0 Å². The van der Waals surface area contributed by atoms with Crippen LogP contribution in [0.1, 0.15) is 34.6 Å². The van der Waals surface area contributed by atoms with Crippen molar-refractivity contribution in [3.8, 4) is 0 Å². The molecule has 1 atom stereocenters. The van der Waals surface area contributed by atoms with Gasteiger partial charge in [-0.1, -0.05) is 42.0 Å². The van der Waals surface area contributed by atoms with Crippen LogP contribution in [0.3, 0.4) is 0 Å².